The fourth-order valence-corrected chi connectivity index (χ4v) is 2.32. The Hall–Kier alpha value is -2.69. The summed E-state index contributed by atoms with van der Waals surface area (Å²) in [5.41, 5.74) is 3.59. The minimum Gasteiger partial charge on any atom is -0.338 e. The van der Waals surface area contributed by atoms with Gasteiger partial charge in [0.25, 0.3) is 0 Å². The van der Waals surface area contributed by atoms with Crippen LogP contribution < -0.4 is 5.32 Å². The van der Waals surface area contributed by atoms with E-state index in [4.69, 9.17) is 0 Å². The van der Waals surface area contributed by atoms with Crippen LogP contribution in [0.4, 0.5) is 5.69 Å². The van der Waals surface area contributed by atoms with E-state index in [0.29, 0.717) is 0 Å². The number of imidazole rings is 1. The molecular formula is C16H14N4O. The first-order valence-electron chi connectivity index (χ1n) is 7.00. The largest absolute Gasteiger partial charge is 0.338 e. The number of amides is 1. The number of nitrogens with one attached hydrogen (secondary N) is 2. The van der Waals surface area contributed by atoms with E-state index in [1.165, 1.54) is 0 Å². The van der Waals surface area contributed by atoms with Gasteiger partial charge in [-0.3, -0.25) is 9.78 Å². The summed E-state index contributed by atoms with van der Waals surface area (Å²) in [4.78, 5) is 23.6. The maximum atomic E-state index is 11.8. The van der Waals surface area contributed by atoms with Crippen molar-refractivity contribution in [3.8, 4) is 11.4 Å². The lowest BCUT2D eigenvalue weighted by Gasteiger charge is -2.03. The Morgan fingerprint density at radius 1 is 1.19 bits per heavy atom. The highest BCUT2D eigenvalue weighted by Crippen LogP contribution is 2.30. The lowest BCUT2D eigenvalue weighted by atomic mass is 10.2. The molecule has 2 heterocycles. The zero-order chi connectivity index (χ0) is 14.2. The predicted octanol–water partition coefficient (Wildman–Crippen LogP) is 2.97. The predicted molar refractivity (Wildman–Crippen MR) is 80.7 cm³/mol. The standard InChI is InChI=1S/C16H14N4O/c21-16(11-1-2-11)18-12-3-4-13-14(9-12)20-15(19-13)10-5-7-17-8-6-10/h3-9,11H,1-2H2,(H,18,21)(H,19,20). The molecule has 0 spiro atoms. The first-order chi connectivity index (χ1) is 10.3. The number of fused-ring (bicyclic) bond motifs is 1. The third-order valence-electron chi connectivity index (χ3n) is 3.65. The fourth-order valence-electron chi connectivity index (χ4n) is 2.32. The first-order valence-corrected chi connectivity index (χ1v) is 7.00. The van der Waals surface area contributed by atoms with Crippen LogP contribution in [0.5, 0.6) is 0 Å². The smallest absolute Gasteiger partial charge is 0.227 e. The van der Waals surface area contributed by atoms with Crippen LogP contribution in [0.3, 0.4) is 0 Å². The molecule has 0 unspecified atom stereocenters. The van der Waals surface area contributed by atoms with Gasteiger partial charge >= 0.3 is 0 Å². The molecule has 0 radical (unpaired) electrons. The number of H-pyrrole nitrogens is 1. The van der Waals surface area contributed by atoms with E-state index in [2.05, 4.69) is 20.3 Å². The molecule has 2 aromatic heterocycles. The van der Waals surface area contributed by atoms with Gasteiger partial charge in [-0.15, -0.1) is 0 Å². The number of rotatable bonds is 3. The molecule has 2 N–H and O–H groups in total. The van der Waals surface area contributed by atoms with Crippen LogP contribution in [-0.2, 0) is 4.79 Å². The van der Waals surface area contributed by atoms with Crippen molar-refractivity contribution in [1.29, 1.82) is 0 Å². The van der Waals surface area contributed by atoms with Gasteiger partial charge in [-0.25, -0.2) is 4.98 Å². The lowest BCUT2D eigenvalue weighted by Crippen LogP contribution is -2.12. The Morgan fingerprint density at radius 2 is 2.00 bits per heavy atom. The van der Waals surface area contributed by atoms with Crippen molar-refractivity contribution < 1.29 is 4.79 Å². The second kappa shape index (κ2) is 4.70. The summed E-state index contributed by atoms with van der Waals surface area (Å²) in [6, 6.07) is 9.55. The van der Waals surface area contributed by atoms with E-state index in [9.17, 15) is 4.79 Å². The molecule has 5 nitrogen and oxygen atoms in total. The Balaban J connectivity index is 1.66. The van der Waals surface area contributed by atoms with Crippen LogP contribution in [0, 0.1) is 5.92 Å². The van der Waals surface area contributed by atoms with Gasteiger partial charge in [0.1, 0.15) is 5.82 Å². The minimum atomic E-state index is 0.114. The third kappa shape index (κ3) is 2.38. The number of benzene rings is 1. The molecule has 5 heteroatoms. The molecule has 1 aliphatic carbocycles. The summed E-state index contributed by atoms with van der Waals surface area (Å²) in [5.74, 6) is 1.12. The minimum absolute atomic E-state index is 0.114. The maximum Gasteiger partial charge on any atom is 0.227 e. The van der Waals surface area contributed by atoms with Crippen molar-refractivity contribution in [3.63, 3.8) is 0 Å². The number of aromatic nitrogens is 3. The van der Waals surface area contributed by atoms with Gasteiger partial charge in [0.05, 0.1) is 11.0 Å². The topological polar surface area (TPSA) is 70.7 Å². The third-order valence-corrected chi connectivity index (χ3v) is 3.65. The van der Waals surface area contributed by atoms with Crippen LogP contribution in [0.25, 0.3) is 22.4 Å². The highest BCUT2D eigenvalue weighted by Gasteiger charge is 2.29. The molecule has 1 aromatic carbocycles. The monoisotopic (exact) mass is 278 g/mol. The number of pyridine rings is 1. The average molecular weight is 278 g/mol. The molecule has 1 fully saturated rings. The van der Waals surface area contributed by atoms with Gasteiger partial charge in [-0.1, -0.05) is 0 Å². The van der Waals surface area contributed by atoms with E-state index in [1.807, 2.05) is 30.3 Å². The van der Waals surface area contributed by atoms with Crippen molar-refractivity contribution in [1.82, 2.24) is 15.0 Å². The number of hydrogen-bond donors (Lipinski definition) is 2. The highest BCUT2D eigenvalue weighted by molar-refractivity contribution is 5.96. The van der Waals surface area contributed by atoms with Crippen LogP contribution in [0.2, 0.25) is 0 Å². The summed E-state index contributed by atoms with van der Waals surface area (Å²) < 4.78 is 0. The number of carbonyl (C=O) groups is 1. The quantitative estimate of drug-likeness (QED) is 0.773. The van der Waals surface area contributed by atoms with Crippen molar-refractivity contribution >= 4 is 22.6 Å². The van der Waals surface area contributed by atoms with Crippen molar-refractivity contribution in [2.45, 2.75) is 12.8 Å². The molecule has 0 saturated heterocycles. The van der Waals surface area contributed by atoms with Gasteiger partial charge in [0.15, 0.2) is 0 Å². The number of nitrogens with zero attached hydrogens (tertiary/aromatic N) is 2. The van der Waals surface area contributed by atoms with Crippen LogP contribution in [0.1, 0.15) is 12.8 Å². The Labute approximate surface area is 121 Å². The van der Waals surface area contributed by atoms with E-state index in [0.717, 1.165) is 41.0 Å². The van der Waals surface area contributed by atoms with Gasteiger partial charge < -0.3 is 10.3 Å². The maximum absolute atomic E-state index is 11.8. The summed E-state index contributed by atoms with van der Waals surface area (Å²) >= 11 is 0. The number of aromatic amines is 1. The molecule has 4 rings (SSSR count). The average Bonchev–Trinajstić information content (AvgIpc) is 3.28. The summed E-state index contributed by atoms with van der Waals surface area (Å²) in [5, 5.41) is 2.95. The summed E-state index contributed by atoms with van der Waals surface area (Å²) in [7, 11) is 0. The molecule has 1 saturated carbocycles. The normalized spacial score (nSPS) is 14.3. The van der Waals surface area contributed by atoms with Gasteiger partial charge in [-0.2, -0.15) is 0 Å². The van der Waals surface area contributed by atoms with E-state index in [1.54, 1.807) is 12.4 Å². The number of hydrogen-bond acceptors (Lipinski definition) is 3. The van der Waals surface area contributed by atoms with E-state index >= 15 is 0 Å². The van der Waals surface area contributed by atoms with Crippen molar-refractivity contribution in [3.05, 3.63) is 42.7 Å². The second-order valence-corrected chi connectivity index (χ2v) is 5.32. The van der Waals surface area contributed by atoms with Crippen LogP contribution >= 0.6 is 0 Å². The van der Waals surface area contributed by atoms with E-state index in [-0.39, 0.29) is 11.8 Å². The summed E-state index contributed by atoms with van der Waals surface area (Å²) in [6.07, 6.45) is 5.49. The summed E-state index contributed by atoms with van der Waals surface area (Å²) in [6.45, 7) is 0. The Kier molecular flexibility index (Phi) is 2.70. The number of carbonyl (C=O) groups excluding carboxylic acids is 1. The van der Waals surface area contributed by atoms with E-state index < -0.39 is 0 Å². The lowest BCUT2D eigenvalue weighted by molar-refractivity contribution is -0.117. The molecule has 0 bridgehead atoms. The molecular weight excluding hydrogens is 264 g/mol. The SMILES string of the molecule is O=C(Nc1ccc2nc(-c3ccncc3)[nH]c2c1)C1CC1. The molecule has 1 amide bonds. The molecule has 3 aromatic rings. The number of anilines is 1. The molecule has 0 aliphatic heterocycles. The zero-order valence-corrected chi connectivity index (χ0v) is 11.3. The van der Waals surface area contributed by atoms with Gasteiger partial charge in [0.2, 0.25) is 5.91 Å². The molecule has 21 heavy (non-hydrogen) atoms. The zero-order valence-electron chi connectivity index (χ0n) is 11.3. The van der Waals surface area contributed by atoms with Gasteiger partial charge in [0, 0.05) is 29.6 Å². The Bertz CT molecular complexity index is 806. The Morgan fingerprint density at radius 3 is 2.76 bits per heavy atom. The molecule has 104 valence electrons. The highest BCUT2D eigenvalue weighted by atomic mass is 16.2. The fraction of sp³-hybridized carbons (Fsp3) is 0.188. The van der Waals surface area contributed by atoms with Gasteiger partial charge in [-0.05, 0) is 43.2 Å². The van der Waals surface area contributed by atoms with Crippen molar-refractivity contribution in [2.24, 2.45) is 5.92 Å². The first kappa shape index (κ1) is 12.1. The van der Waals surface area contributed by atoms with Crippen molar-refractivity contribution in [2.75, 3.05) is 5.32 Å². The second-order valence-electron chi connectivity index (χ2n) is 5.32. The molecule has 1 aliphatic rings. The van der Waals surface area contributed by atoms with Crippen LogP contribution in [0.15, 0.2) is 42.7 Å². The molecule has 0 atom stereocenters. The van der Waals surface area contributed by atoms with Crippen LogP contribution in [-0.4, -0.2) is 20.9 Å².